The Kier molecular flexibility index (Phi) is 7.47. The lowest BCUT2D eigenvalue weighted by atomic mass is 9.86. The van der Waals surface area contributed by atoms with Crippen molar-refractivity contribution in [3.63, 3.8) is 0 Å². The van der Waals surface area contributed by atoms with Crippen LogP contribution in [0.2, 0.25) is 0 Å². The van der Waals surface area contributed by atoms with Gasteiger partial charge in [0.2, 0.25) is 5.95 Å². The Hall–Kier alpha value is -6.39. The minimum atomic E-state index is 0.628. The quantitative estimate of drug-likeness (QED) is 0.174. The van der Waals surface area contributed by atoms with Crippen molar-refractivity contribution in [1.82, 2.24) is 19.5 Å². The zero-order chi connectivity index (χ0) is 33.4. The number of hydrogen-bond donors (Lipinski definition) is 0. The highest BCUT2D eigenvalue weighted by Gasteiger charge is 2.20. The molecular weight excluding hydrogens is 609 g/mol. The van der Waals surface area contributed by atoms with Gasteiger partial charge in [-0.1, -0.05) is 133 Å². The van der Waals surface area contributed by atoms with Crippen LogP contribution < -0.4 is 0 Å². The van der Waals surface area contributed by atoms with Crippen molar-refractivity contribution in [2.45, 2.75) is 19.8 Å². The molecule has 0 spiro atoms. The number of aromatic nitrogens is 4. The zero-order valence-corrected chi connectivity index (χ0v) is 27.8. The molecule has 0 aliphatic rings. The Labute approximate surface area is 291 Å². The largest absolute Gasteiger partial charge is 0.278 e. The van der Waals surface area contributed by atoms with E-state index in [4.69, 9.17) is 9.97 Å². The van der Waals surface area contributed by atoms with Crippen molar-refractivity contribution in [2.24, 2.45) is 0 Å². The summed E-state index contributed by atoms with van der Waals surface area (Å²) in [5.41, 5.74) is 13.8. The zero-order valence-electron chi connectivity index (χ0n) is 27.8. The lowest BCUT2D eigenvalue weighted by molar-refractivity contribution is 0.962. The molecule has 4 heteroatoms. The van der Waals surface area contributed by atoms with Gasteiger partial charge >= 0.3 is 0 Å². The first-order valence-electron chi connectivity index (χ1n) is 17.2. The van der Waals surface area contributed by atoms with Crippen LogP contribution in [0.25, 0.3) is 72.2 Å². The predicted octanol–water partition coefficient (Wildman–Crippen LogP) is 11.2. The smallest absolute Gasteiger partial charge is 0.235 e. The molecule has 6 aromatic carbocycles. The normalized spacial score (nSPS) is 11.5. The number of fused-ring (bicyclic) bond motifs is 4. The van der Waals surface area contributed by atoms with Gasteiger partial charge in [-0.15, -0.1) is 0 Å². The van der Waals surface area contributed by atoms with Gasteiger partial charge in [-0.25, -0.2) is 9.97 Å². The van der Waals surface area contributed by atoms with Crippen LogP contribution in [0.1, 0.15) is 16.7 Å². The second kappa shape index (κ2) is 12.6. The molecular formula is C46H34N4. The summed E-state index contributed by atoms with van der Waals surface area (Å²) in [6, 6.07) is 54.1. The minimum absolute atomic E-state index is 0.628. The maximum atomic E-state index is 5.28. The summed E-state index contributed by atoms with van der Waals surface area (Å²) in [7, 11) is 0. The maximum absolute atomic E-state index is 5.28. The molecule has 0 saturated carbocycles. The Morgan fingerprint density at radius 1 is 0.540 bits per heavy atom. The highest BCUT2D eigenvalue weighted by Crippen LogP contribution is 2.40. The van der Waals surface area contributed by atoms with Crippen LogP contribution >= 0.6 is 0 Å². The molecule has 0 saturated heterocycles. The molecule has 3 aromatic heterocycles. The van der Waals surface area contributed by atoms with Crippen molar-refractivity contribution in [3.8, 4) is 39.5 Å². The summed E-state index contributed by atoms with van der Waals surface area (Å²) in [6.07, 6.45) is 5.58. The number of nitrogens with zero attached hydrogens (tertiary/aromatic N) is 4. The van der Waals surface area contributed by atoms with E-state index in [0.29, 0.717) is 5.95 Å². The van der Waals surface area contributed by atoms with Gasteiger partial charge in [0.25, 0.3) is 0 Å². The van der Waals surface area contributed by atoms with E-state index in [9.17, 15) is 0 Å². The molecule has 0 amide bonds. The van der Waals surface area contributed by atoms with E-state index in [1.807, 2.05) is 24.5 Å². The Morgan fingerprint density at radius 3 is 2.14 bits per heavy atom. The SMILES string of the molecule is Cc1ccccc1-c1c(CCc2ccccc2)cccc1-c1ccc2c3ccccc3n(-c3nc(-c4ccccc4)c4ccncc4n3)c2c1. The summed E-state index contributed by atoms with van der Waals surface area (Å²) in [5, 5.41) is 3.31. The van der Waals surface area contributed by atoms with E-state index in [0.717, 1.165) is 57.0 Å². The van der Waals surface area contributed by atoms with Gasteiger partial charge < -0.3 is 0 Å². The molecule has 0 N–H and O–H groups in total. The van der Waals surface area contributed by atoms with Gasteiger partial charge in [0, 0.05) is 27.9 Å². The fourth-order valence-corrected chi connectivity index (χ4v) is 7.38. The van der Waals surface area contributed by atoms with Crippen LogP contribution in [-0.4, -0.2) is 19.5 Å². The molecule has 0 radical (unpaired) electrons. The van der Waals surface area contributed by atoms with E-state index in [1.54, 1.807) is 0 Å². The highest BCUT2D eigenvalue weighted by molar-refractivity contribution is 6.10. The molecule has 0 aliphatic carbocycles. The highest BCUT2D eigenvalue weighted by atomic mass is 15.2. The van der Waals surface area contributed by atoms with Crippen LogP contribution in [0.5, 0.6) is 0 Å². The van der Waals surface area contributed by atoms with Gasteiger partial charge in [-0.05, 0) is 76.9 Å². The Morgan fingerprint density at radius 2 is 1.28 bits per heavy atom. The Bertz CT molecular complexity index is 2660. The molecule has 0 unspecified atom stereocenters. The summed E-state index contributed by atoms with van der Waals surface area (Å²) in [6.45, 7) is 2.21. The molecule has 0 atom stereocenters. The van der Waals surface area contributed by atoms with Crippen molar-refractivity contribution in [1.29, 1.82) is 0 Å². The minimum Gasteiger partial charge on any atom is -0.278 e. The number of pyridine rings is 1. The first kappa shape index (κ1) is 29.7. The van der Waals surface area contributed by atoms with E-state index >= 15 is 0 Å². The molecule has 0 fully saturated rings. The van der Waals surface area contributed by atoms with E-state index < -0.39 is 0 Å². The summed E-state index contributed by atoms with van der Waals surface area (Å²) in [5.74, 6) is 0.628. The average molecular weight is 643 g/mol. The van der Waals surface area contributed by atoms with E-state index in [1.165, 1.54) is 38.8 Å². The van der Waals surface area contributed by atoms with E-state index in [2.05, 4.69) is 156 Å². The molecule has 238 valence electrons. The van der Waals surface area contributed by atoms with Crippen molar-refractivity contribution in [2.75, 3.05) is 0 Å². The second-order valence-electron chi connectivity index (χ2n) is 12.9. The van der Waals surface area contributed by atoms with Gasteiger partial charge in [0.15, 0.2) is 0 Å². The summed E-state index contributed by atoms with van der Waals surface area (Å²) >= 11 is 0. The molecule has 50 heavy (non-hydrogen) atoms. The summed E-state index contributed by atoms with van der Waals surface area (Å²) < 4.78 is 2.22. The third-order valence-electron chi connectivity index (χ3n) is 9.81. The van der Waals surface area contributed by atoms with Gasteiger partial charge in [0.05, 0.1) is 28.4 Å². The monoisotopic (exact) mass is 642 g/mol. The summed E-state index contributed by atoms with van der Waals surface area (Å²) in [4.78, 5) is 14.9. The van der Waals surface area contributed by atoms with Crippen LogP contribution in [-0.2, 0) is 12.8 Å². The third kappa shape index (κ3) is 5.22. The lowest BCUT2D eigenvalue weighted by Crippen LogP contribution is -2.04. The van der Waals surface area contributed by atoms with Crippen LogP contribution in [0.4, 0.5) is 0 Å². The number of hydrogen-bond acceptors (Lipinski definition) is 3. The van der Waals surface area contributed by atoms with Crippen molar-refractivity contribution in [3.05, 3.63) is 181 Å². The molecule has 3 heterocycles. The molecule has 9 aromatic rings. The average Bonchev–Trinajstić information content (AvgIpc) is 3.51. The fourth-order valence-electron chi connectivity index (χ4n) is 7.38. The van der Waals surface area contributed by atoms with E-state index in [-0.39, 0.29) is 0 Å². The number of para-hydroxylation sites is 1. The predicted molar refractivity (Wildman–Crippen MR) is 207 cm³/mol. The Balaban J connectivity index is 1.28. The second-order valence-corrected chi connectivity index (χ2v) is 12.9. The van der Waals surface area contributed by atoms with Crippen LogP contribution in [0, 0.1) is 6.92 Å². The number of rotatable bonds is 7. The lowest BCUT2D eigenvalue weighted by Gasteiger charge is -2.18. The van der Waals surface area contributed by atoms with Gasteiger partial charge in [-0.3, -0.25) is 9.55 Å². The van der Waals surface area contributed by atoms with Crippen LogP contribution in [0.3, 0.4) is 0 Å². The fraction of sp³-hybridized carbons (Fsp3) is 0.0652. The molecule has 9 rings (SSSR count). The number of benzene rings is 6. The third-order valence-corrected chi connectivity index (χ3v) is 9.81. The van der Waals surface area contributed by atoms with Crippen LogP contribution in [0.15, 0.2) is 164 Å². The molecule has 4 nitrogen and oxygen atoms in total. The number of aryl methyl sites for hydroxylation is 3. The van der Waals surface area contributed by atoms with Crippen molar-refractivity contribution >= 4 is 32.7 Å². The van der Waals surface area contributed by atoms with Gasteiger partial charge in [-0.2, -0.15) is 0 Å². The first-order valence-corrected chi connectivity index (χ1v) is 17.2. The topological polar surface area (TPSA) is 43.6 Å². The maximum Gasteiger partial charge on any atom is 0.235 e. The molecule has 0 bridgehead atoms. The van der Waals surface area contributed by atoms with Gasteiger partial charge in [0.1, 0.15) is 0 Å². The molecule has 0 aliphatic heterocycles. The first-order chi connectivity index (χ1) is 24.7. The standard InChI is InChI=1S/C46H34N4/c1-31-13-8-9-19-36(31)44-33(24-23-32-14-4-2-5-15-32)18-12-21-37(44)35-25-26-39-38-20-10-11-22-42(38)50(43(39)29-35)46-48-41-30-47-28-27-40(41)45(49-46)34-16-6-3-7-17-34/h2-22,25-30H,23-24H2,1H3. The van der Waals surface area contributed by atoms with Crippen molar-refractivity contribution < 1.29 is 0 Å².